The number of alkyl halides is 1. The molecule has 0 fully saturated rings. The Balaban J connectivity index is 2.80. The van der Waals surface area contributed by atoms with Crippen molar-refractivity contribution in [3.63, 3.8) is 0 Å². The van der Waals surface area contributed by atoms with Crippen LogP contribution in [0.3, 0.4) is 0 Å². The van der Waals surface area contributed by atoms with Gasteiger partial charge in [-0.05, 0) is 18.2 Å². The maximum absolute atomic E-state index is 11.4. The van der Waals surface area contributed by atoms with Crippen LogP contribution in [0.25, 0.3) is 0 Å². The van der Waals surface area contributed by atoms with Gasteiger partial charge in [-0.2, -0.15) is 0 Å². The summed E-state index contributed by atoms with van der Waals surface area (Å²) in [6, 6.07) is 4.90. The van der Waals surface area contributed by atoms with Crippen molar-refractivity contribution in [3.8, 4) is 0 Å². The van der Waals surface area contributed by atoms with Crippen LogP contribution in [-0.4, -0.2) is 17.7 Å². The van der Waals surface area contributed by atoms with E-state index in [9.17, 15) is 9.59 Å². The molecule has 0 aliphatic carbocycles. The van der Waals surface area contributed by atoms with Crippen molar-refractivity contribution in [2.24, 2.45) is 0 Å². The molecule has 4 nitrogen and oxygen atoms in total. The number of hydrogen-bond acceptors (Lipinski definition) is 2. The van der Waals surface area contributed by atoms with E-state index in [0.29, 0.717) is 22.8 Å². The molecular formula is C12H14Cl2N2O2. The van der Waals surface area contributed by atoms with Crippen molar-refractivity contribution < 1.29 is 9.59 Å². The zero-order valence-corrected chi connectivity index (χ0v) is 11.4. The van der Waals surface area contributed by atoms with E-state index in [-0.39, 0.29) is 24.1 Å². The van der Waals surface area contributed by atoms with Crippen molar-refractivity contribution in [3.05, 3.63) is 23.2 Å². The van der Waals surface area contributed by atoms with Crippen LogP contribution >= 0.6 is 23.2 Å². The Morgan fingerprint density at radius 2 is 1.94 bits per heavy atom. The van der Waals surface area contributed by atoms with E-state index in [2.05, 4.69) is 10.6 Å². The first-order valence-corrected chi connectivity index (χ1v) is 6.43. The second-order valence-electron chi connectivity index (χ2n) is 3.58. The molecule has 1 aromatic rings. The first-order valence-electron chi connectivity index (χ1n) is 5.52. The quantitative estimate of drug-likeness (QED) is 0.817. The summed E-state index contributed by atoms with van der Waals surface area (Å²) in [7, 11) is 0. The number of rotatable bonds is 5. The van der Waals surface area contributed by atoms with Crippen molar-refractivity contribution >= 4 is 46.4 Å². The van der Waals surface area contributed by atoms with Crippen LogP contribution < -0.4 is 10.6 Å². The van der Waals surface area contributed by atoms with Gasteiger partial charge < -0.3 is 10.6 Å². The Morgan fingerprint density at radius 3 is 2.56 bits per heavy atom. The van der Waals surface area contributed by atoms with E-state index >= 15 is 0 Å². The lowest BCUT2D eigenvalue weighted by Crippen LogP contribution is -2.13. The fraction of sp³-hybridized carbons (Fsp3) is 0.333. The van der Waals surface area contributed by atoms with E-state index in [1.807, 2.05) is 0 Å². The summed E-state index contributed by atoms with van der Waals surface area (Å²) >= 11 is 11.4. The number of benzene rings is 1. The van der Waals surface area contributed by atoms with Crippen LogP contribution in [0.15, 0.2) is 18.2 Å². The van der Waals surface area contributed by atoms with E-state index in [0.717, 1.165) is 0 Å². The minimum atomic E-state index is -0.217. The summed E-state index contributed by atoms with van der Waals surface area (Å²) in [4.78, 5) is 22.7. The van der Waals surface area contributed by atoms with Gasteiger partial charge in [0.15, 0.2) is 0 Å². The fourth-order valence-electron chi connectivity index (χ4n) is 1.25. The second kappa shape index (κ2) is 7.24. The number of halogens is 2. The van der Waals surface area contributed by atoms with E-state index < -0.39 is 0 Å². The summed E-state index contributed by atoms with van der Waals surface area (Å²) in [5.41, 5.74) is 1.05. The number of hydrogen-bond donors (Lipinski definition) is 2. The molecule has 0 atom stereocenters. The Bertz CT molecular complexity index is 450. The number of anilines is 2. The molecule has 0 saturated carbocycles. The van der Waals surface area contributed by atoms with E-state index in [1.165, 1.54) is 0 Å². The Hall–Kier alpha value is -1.26. The summed E-state index contributed by atoms with van der Waals surface area (Å²) in [6.45, 7) is 1.76. The van der Waals surface area contributed by atoms with Crippen molar-refractivity contribution in [1.29, 1.82) is 0 Å². The third kappa shape index (κ3) is 4.55. The van der Waals surface area contributed by atoms with Crippen LogP contribution in [0.1, 0.15) is 19.8 Å². The molecule has 2 N–H and O–H groups in total. The smallest absolute Gasteiger partial charge is 0.225 e. The molecule has 0 saturated heterocycles. The van der Waals surface area contributed by atoms with Crippen molar-refractivity contribution in [2.75, 3.05) is 16.5 Å². The molecule has 0 aromatic heterocycles. The first kappa shape index (κ1) is 14.8. The molecule has 1 aromatic carbocycles. The molecule has 0 radical (unpaired) electrons. The normalized spacial score (nSPS) is 9.94. The monoisotopic (exact) mass is 288 g/mol. The number of amides is 2. The van der Waals surface area contributed by atoms with Gasteiger partial charge in [0.2, 0.25) is 11.8 Å². The van der Waals surface area contributed by atoms with Gasteiger partial charge in [0, 0.05) is 24.4 Å². The zero-order chi connectivity index (χ0) is 13.5. The highest BCUT2D eigenvalue weighted by atomic mass is 35.5. The van der Waals surface area contributed by atoms with Gasteiger partial charge in [0.25, 0.3) is 0 Å². The van der Waals surface area contributed by atoms with Crippen LogP contribution in [0.5, 0.6) is 0 Å². The van der Waals surface area contributed by atoms with Crippen LogP contribution in [0.2, 0.25) is 5.02 Å². The SMILES string of the molecule is CCC(=O)Nc1ccc(Cl)c(NC(=O)CCCl)c1. The third-order valence-electron chi connectivity index (χ3n) is 2.17. The molecular weight excluding hydrogens is 275 g/mol. The topological polar surface area (TPSA) is 58.2 Å². The van der Waals surface area contributed by atoms with Crippen molar-refractivity contribution in [2.45, 2.75) is 19.8 Å². The fourth-order valence-corrected chi connectivity index (χ4v) is 1.58. The van der Waals surface area contributed by atoms with Gasteiger partial charge in [-0.1, -0.05) is 18.5 Å². The number of nitrogens with one attached hydrogen (secondary N) is 2. The molecule has 98 valence electrons. The Morgan fingerprint density at radius 1 is 1.22 bits per heavy atom. The molecule has 2 amide bonds. The Labute approximate surface area is 116 Å². The molecule has 18 heavy (non-hydrogen) atoms. The first-order chi connectivity index (χ1) is 8.56. The minimum absolute atomic E-state index is 0.102. The summed E-state index contributed by atoms with van der Waals surface area (Å²) in [5.74, 6) is -0.0726. The molecule has 0 bridgehead atoms. The van der Waals surface area contributed by atoms with Crippen LogP contribution in [0.4, 0.5) is 11.4 Å². The highest BCUT2D eigenvalue weighted by Gasteiger charge is 2.07. The minimum Gasteiger partial charge on any atom is -0.326 e. The maximum atomic E-state index is 11.4. The van der Waals surface area contributed by atoms with Gasteiger partial charge in [-0.25, -0.2) is 0 Å². The largest absolute Gasteiger partial charge is 0.326 e. The highest BCUT2D eigenvalue weighted by molar-refractivity contribution is 6.34. The van der Waals surface area contributed by atoms with E-state index in [4.69, 9.17) is 23.2 Å². The average molecular weight is 289 g/mol. The third-order valence-corrected chi connectivity index (χ3v) is 2.69. The molecule has 0 heterocycles. The molecule has 0 aliphatic heterocycles. The summed E-state index contributed by atoms with van der Waals surface area (Å²) in [6.07, 6.45) is 0.597. The summed E-state index contributed by atoms with van der Waals surface area (Å²) in [5, 5.41) is 5.74. The zero-order valence-electron chi connectivity index (χ0n) is 9.93. The number of carbonyl (C=O) groups excluding carboxylic acids is 2. The molecule has 0 spiro atoms. The van der Waals surface area contributed by atoms with Gasteiger partial charge in [0.1, 0.15) is 0 Å². The second-order valence-corrected chi connectivity index (χ2v) is 4.37. The lowest BCUT2D eigenvalue weighted by molar-refractivity contribution is -0.116. The number of carbonyl (C=O) groups is 2. The van der Waals surface area contributed by atoms with Gasteiger partial charge in [0.05, 0.1) is 10.7 Å². The van der Waals surface area contributed by atoms with Crippen LogP contribution in [0, 0.1) is 0 Å². The predicted octanol–water partition coefficient (Wildman–Crippen LogP) is 3.26. The van der Waals surface area contributed by atoms with E-state index in [1.54, 1.807) is 25.1 Å². The standard InChI is InChI=1S/C12H14Cl2N2O2/c1-2-11(17)15-8-3-4-9(14)10(7-8)16-12(18)5-6-13/h3-4,7H,2,5-6H2,1H3,(H,15,17)(H,16,18). The average Bonchev–Trinajstić information content (AvgIpc) is 2.33. The lowest BCUT2D eigenvalue weighted by atomic mass is 10.2. The predicted molar refractivity (Wildman–Crippen MR) is 74.3 cm³/mol. The highest BCUT2D eigenvalue weighted by Crippen LogP contribution is 2.25. The molecule has 1 rings (SSSR count). The molecule has 6 heteroatoms. The van der Waals surface area contributed by atoms with Crippen LogP contribution in [-0.2, 0) is 9.59 Å². The van der Waals surface area contributed by atoms with Gasteiger partial charge in [-0.3, -0.25) is 9.59 Å². The lowest BCUT2D eigenvalue weighted by Gasteiger charge is -2.09. The van der Waals surface area contributed by atoms with Crippen molar-refractivity contribution in [1.82, 2.24) is 0 Å². The summed E-state index contributed by atoms with van der Waals surface area (Å²) < 4.78 is 0. The molecule has 0 aliphatic rings. The van der Waals surface area contributed by atoms with Gasteiger partial charge in [-0.15, -0.1) is 11.6 Å². The Kier molecular flexibility index (Phi) is 5.95. The maximum Gasteiger partial charge on any atom is 0.225 e. The van der Waals surface area contributed by atoms with Gasteiger partial charge >= 0.3 is 0 Å². The molecule has 0 unspecified atom stereocenters.